The predicted molar refractivity (Wildman–Crippen MR) is 115 cm³/mol. The molecular weight excluding hydrogens is 430 g/mol. The monoisotopic (exact) mass is 450 g/mol. The molecule has 7 rings (SSSR count). The Balaban J connectivity index is 1.49. The Hall–Kier alpha value is -3.29. The van der Waals surface area contributed by atoms with Gasteiger partial charge in [0.2, 0.25) is 0 Å². The highest BCUT2D eigenvalue weighted by Gasteiger charge is 2.44. The Labute approximate surface area is 187 Å². The van der Waals surface area contributed by atoms with E-state index in [4.69, 9.17) is 9.72 Å². The van der Waals surface area contributed by atoms with E-state index in [1.54, 1.807) is 10.6 Å². The van der Waals surface area contributed by atoms with Crippen molar-refractivity contribution in [3.05, 3.63) is 50.8 Å². The van der Waals surface area contributed by atoms with Crippen LogP contribution in [0, 0.1) is 0 Å². The van der Waals surface area contributed by atoms with Gasteiger partial charge in [-0.05, 0) is 48.4 Å². The van der Waals surface area contributed by atoms with Crippen molar-refractivity contribution in [2.75, 3.05) is 0 Å². The predicted octanol–water partition coefficient (Wildman–Crippen LogP) is 4.63. The minimum Gasteiger partial charge on any atom is -0.395 e. The molecule has 0 spiro atoms. The summed E-state index contributed by atoms with van der Waals surface area (Å²) in [5, 5.41) is 0.772. The van der Waals surface area contributed by atoms with Crippen LogP contribution in [0.15, 0.2) is 23.0 Å². The molecule has 1 saturated carbocycles. The Morgan fingerprint density at radius 2 is 1.88 bits per heavy atom. The van der Waals surface area contributed by atoms with Crippen molar-refractivity contribution in [3.8, 4) is 22.9 Å². The number of carbonyl (C=O) groups is 1. The third kappa shape index (κ3) is 2.49. The summed E-state index contributed by atoms with van der Waals surface area (Å²) in [7, 11) is 0. The zero-order chi connectivity index (χ0) is 22.6. The Morgan fingerprint density at radius 1 is 1.12 bits per heavy atom. The lowest BCUT2D eigenvalue weighted by Gasteiger charge is -2.29. The van der Waals surface area contributed by atoms with Crippen molar-refractivity contribution in [2.45, 2.75) is 63.7 Å². The van der Waals surface area contributed by atoms with Crippen LogP contribution >= 0.6 is 0 Å². The van der Waals surface area contributed by atoms with Crippen LogP contribution in [0.5, 0.6) is 11.5 Å². The van der Waals surface area contributed by atoms with Crippen molar-refractivity contribution >= 4 is 16.7 Å². The van der Waals surface area contributed by atoms with Crippen LogP contribution in [0.1, 0.15) is 66.7 Å². The summed E-state index contributed by atoms with van der Waals surface area (Å²) in [6, 6.07) is 5.05. The number of nitrogens with zero attached hydrogens (tertiary/aromatic N) is 2. The number of ether oxygens (including phenoxy) is 2. The SMILES string of the molecule is CCC1C(=O)Cc2c1cc1n(c2=O)Cc2c-1nc1cc3c(cc1c2C1CCC1)OC(F)(F)O3. The van der Waals surface area contributed by atoms with Gasteiger partial charge in [-0.25, -0.2) is 4.98 Å². The van der Waals surface area contributed by atoms with Gasteiger partial charge in [-0.1, -0.05) is 13.3 Å². The highest BCUT2D eigenvalue weighted by atomic mass is 19.3. The average molecular weight is 450 g/mol. The zero-order valence-electron chi connectivity index (χ0n) is 17.9. The molecule has 3 aromatic rings. The molecule has 0 N–H and O–H groups in total. The number of fused-ring (bicyclic) bond motifs is 6. The second-order valence-corrected chi connectivity index (χ2v) is 9.42. The number of benzene rings is 1. The van der Waals surface area contributed by atoms with Crippen LogP contribution in [-0.2, 0) is 17.8 Å². The van der Waals surface area contributed by atoms with Crippen molar-refractivity contribution < 1.29 is 23.0 Å². The first-order chi connectivity index (χ1) is 15.8. The number of hydrogen-bond acceptors (Lipinski definition) is 5. The molecule has 0 bridgehead atoms. The average Bonchev–Trinajstić information content (AvgIpc) is 3.34. The molecule has 0 radical (unpaired) electrons. The van der Waals surface area contributed by atoms with Crippen LogP contribution in [0.3, 0.4) is 0 Å². The van der Waals surface area contributed by atoms with Gasteiger partial charge in [-0.2, -0.15) is 0 Å². The van der Waals surface area contributed by atoms with Gasteiger partial charge in [0.1, 0.15) is 5.78 Å². The number of pyridine rings is 2. The van der Waals surface area contributed by atoms with Gasteiger partial charge in [0, 0.05) is 34.9 Å². The molecule has 6 nitrogen and oxygen atoms in total. The number of ketones is 1. The first-order valence-corrected chi connectivity index (χ1v) is 11.4. The molecule has 0 saturated heterocycles. The molecule has 1 atom stereocenters. The van der Waals surface area contributed by atoms with E-state index < -0.39 is 6.29 Å². The van der Waals surface area contributed by atoms with Gasteiger partial charge in [-0.15, -0.1) is 8.78 Å². The third-order valence-electron chi connectivity index (χ3n) is 7.68. The molecular formula is C25H20F2N2O4. The molecule has 1 aromatic carbocycles. The standard InChI is InChI=1S/C25H20F2N2O4/c1-2-12-13-6-18-23-16(10-29(18)24(31)14(13)7-19(12)30)22(11-4-3-5-11)15-8-20-21(9-17(15)28-23)33-25(26,27)32-20/h6,8-9,11-12H,2-5,7,10H2,1H3. The Morgan fingerprint density at radius 3 is 2.58 bits per heavy atom. The van der Waals surface area contributed by atoms with E-state index >= 15 is 0 Å². The Kier molecular flexibility index (Phi) is 3.60. The number of aromatic nitrogens is 2. The van der Waals surface area contributed by atoms with Crippen LogP contribution < -0.4 is 15.0 Å². The minimum atomic E-state index is -3.69. The first kappa shape index (κ1) is 19.2. The molecule has 4 aliphatic rings. The van der Waals surface area contributed by atoms with Crippen molar-refractivity contribution in [3.63, 3.8) is 0 Å². The van der Waals surface area contributed by atoms with E-state index in [0.717, 1.165) is 41.3 Å². The van der Waals surface area contributed by atoms with Gasteiger partial charge >= 0.3 is 6.29 Å². The van der Waals surface area contributed by atoms with Gasteiger partial charge in [0.15, 0.2) is 11.5 Å². The number of Topliss-reactive ketones (excluding diaryl/α,β-unsaturated/α-hetero) is 1. The number of alkyl halides is 2. The third-order valence-corrected chi connectivity index (χ3v) is 7.68. The number of rotatable bonds is 2. The van der Waals surface area contributed by atoms with E-state index in [1.165, 1.54) is 6.07 Å². The van der Waals surface area contributed by atoms with Crippen molar-refractivity contribution in [1.29, 1.82) is 0 Å². The van der Waals surface area contributed by atoms with Crippen LogP contribution in [-0.4, -0.2) is 21.6 Å². The lowest BCUT2D eigenvalue weighted by atomic mass is 9.76. The summed E-state index contributed by atoms with van der Waals surface area (Å²) < 4.78 is 38.5. The van der Waals surface area contributed by atoms with Crippen LogP contribution in [0.2, 0.25) is 0 Å². The molecule has 0 amide bonds. The second-order valence-electron chi connectivity index (χ2n) is 9.42. The lowest BCUT2D eigenvalue weighted by molar-refractivity contribution is -0.286. The summed E-state index contributed by atoms with van der Waals surface area (Å²) in [6.07, 6.45) is 0.255. The summed E-state index contributed by atoms with van der Waals surface area (Å²) in [5.74, 6) is 0.0767. The Bertz CT molecular complexity index is 1470. The molecule has 2 aliphatic carbocycles. The summed E-state index contributed by atoms with van der Waals surface area (Å²) in [4.78, 5) is 30.7. The maximum atomic E-state index is 13.7. The topological polar surface area (TPSA) is 70.4 Å². The van der Waals surface area contributed by atoms with Crippen LogP contribution in [0.25, 0.3) is 22.3 Å². The second kappa shape index (κ2) is 6.18. The normalized spacial score (nSPS) is 21.8. The van der Waals surface area contributed by atoms with Crippen molar-refractivity contribution in [1.82, 2.24) is 9.55 Å². The highest BCUT2D eigenvalue weighted by Crippen LogP contribution is 2.50. The fourth-order valence-electron chi connectivity index (χ4n) is 5.93. The van der Waals surface area contributed by atoms with E-state index in [-0.39, 0.29) is 41.1 Å². The maximum absolute atomic E-state index is 13.7. The molecule has 1 fully saturated rings. The van der Waals surface area contributed by atoms with Crippen LogP contribution in [0.4, 0.5) is 8.78 Å². The zero-order valence-corrected chi connectivity index (χ0v) is 17.9. The highest BCUT2D eigenvalue weighted by molar-refractivity contribution is 5.94. The fourth-order valence-corrected chi connectivity index (χ4v) is 5.93. The molecule has 2 aromatic heterocycles. The number of carbonyl (C=O) groups excluding carboxylic acids is 1. The summed E-state index contributed by atoms with van der Waals surface area (Å²) in [6.45, 7) is 2.33. The molecule has 4 heterocycles. The fraction of sp³-hybridized carbons (Fsp3) is 0.400. The molecule has 168 valence electrons. The molecule has 33 heavy (non-hydrogen) atoms. The largest absolute Gasteiger partial charge is 0.586 e. The van der Waals surface area contributed by atoms with E-state index in [9.17, 15) is 18.4 Å². The van der Waals surface area contributed by atoms with Gasteiger partial charge < -0.3 is 14.0 Å². The van der Waals surface area contributed by atoms with Gasteiger partial charge in [0.05, 0.1) is 23.4 Å². The quantitative estimate of drug-likeness (QED) is 0.445. The van der Waals surface area contributed by atoms with Gasteiger partial charge in [-0.3, -0.25) is 9.59 Å². The lowest BCUT2D eigenvalue weighted by Crippen LogP contribution is -2.25. The number of hydrogen-bond donors (Lipinski definition) is 0. The van der Waals surface area contributed by atoms with Gasteiger partial charge in [0.25, 0.3) is 5.56 Å². The summed E-state index contributed by atoms with van der Waals surface area (Å²) >= 11 is 0. The minimum absolute atomic E-state index is 0.00535. The number of halogens is 2. The van der Waals surface area contributed by atoms with Crippen molar-refractivity contribution in [2.24, 2.45) is 0 Å². The van der Waals surface area contributed by atoms with E-state index in [2.05, 4.69) is 4.74 Å². The van der Waals surface area contributed by atoms with E-state index in [0.29, 0.717) is 35.4 Å². The first-order valence-electron chi connectivity index (χ1n) is 11.4. The van der Waals surface area contributed by atoms with E-state index in [1.807, 2.05) is 13.0 Å². The summed E-state index contributed by atoms with van der Waals surface area (Å²) in [5.41, 5.74) is 5.26. The molecule has 8 heteroatoms. The molecule has 1 unspecified atom stereocenters. The smallest absolute Gasteiger partial charge is 0.395 e. The maximum Gasteiger partial charge on any atom is 0.586 e. The molecule has 2 aliphatic heterocycles.